The van der Waals surface area contributed by atoms with Crippen LogP contribution in [0, 0.1) is 11.8 Å². The number of aliphatic hydroxyl groups excluding tert-OH is 1. The normalized spacial score (nSPS) is 23.6. The lowest BCUT2D eigenvalue weighted by molar-refractivity contribution is -0.120. The van der Waals surface area contributed by atoms with E-state index in [1.807, 2.05) is 19.1 Å². The van der Waals surface area contributed by atoms with Gasteiger partial charge in [0.1, 0.15) is 0 Å². The Morgan fingerprint density at radius 3 is 2.75 bits per heavy atom. The molecule has 1 aliphatic rings. The highest BCUT2D eigenvalue weighted by molar-refractivity contribution is 5.95. The Hall–Kier alpha value is -1.15. The van der Waals surface area contributed by atoms with Gasteiger partial charge in [-0.15, -0.1) is 0 Å². The molecule has 112 valence electrons. The van der Waals surface area contributed by atoms with Crippen molar-refractivity contribution in [2.45, 2.75) is 58.5 Å². The molecule has 0 spiro atoms. The minimum Gasteiger partial charge on any atom is -0.388 e. The SMILES string of the molecule is C=C(C)[C@H]1C=CC(=O)[C@@H]1[C@@H](O)/C=C/CCCCCCC. The van der Waals surface area contributed by atoms with E-state index in [0.717, 1.165) is 18.4 Å². The molecule has 2 heteroatoms. The van der Waals surface area contributed by atoms with Crippen molar-refractivity contribution >= 4 is 5.78 Å². The first-order valence-electron chi connectivity index (χ1n) is 7.80. The van der Waals surface area contributed by atoms with Crippen molar-refractivity contribution in [3.8, 4) is 0 Å². The Kier molecular flexibility index (Phi) is 7.53. The number of carbonyl (C=O) groups excluding carboxylic acids is 1. The molecular weight excluding hydrogens is 248 g/mol. The standard InChI is InChI=1S/C18H28O2/c1-4-5-6-7-8-9-10-11-16(19)18-15(14(2)3)12-13-17(18)20/h10-13,15-16,18-19H,2,4-9H2,1,3H3/b11-10+/t15-,16+,18+/m1/s1. The number of unbranched alkanes of at least 4 members (excludes halogenated alkanes) is 5. The number of rotatable bonds is 9. The zero-order valence-corrected chi connectivity index (χ0v) is 12.8. The highest BCUT2D eigenvalue weighted by Gasteiger charge is 2.34. The molecule has 0 fully saturated rings. The van der Waals surface area contributed by atoms with Gasteiger partial charge in [-0.05, 0) is 25.8 Å². The minimum atomic E-state index is -0.699. The number of allylic oxidation sites excluding steroid dienone is 4. The van der Waals surface area contributed by atoms with E-state index in [1.165, 1.54) is 25.7 Å². The molecule has 1 aliphatic carbocycles. The summed E-state index contributed by atoms with van der Waals surface area (Å²) in [6.45, 7) is 8.02. The molecular formula is C18H28O2. The van der Waals surface area contributed by atoms with E-state index in [1.54, 1.807) is 12.2 Å². The van der Waals surface area contributed by atoms with E-state index in [0.29, 0.717) is 0 Å². The van der Waals surface area contributed by atoms with Gasteiger partial charge < -0.3 is 5.11 Å². The lowest BCUT2D eigenvalue weighted by Gasteiger charge is -2.21. The summed E-state index contributed by atoms with van der Waals surface area (Å²) in [6.07, 6.45) is 13.8. The number of ketones is 1. The van der Waals surface area contributed by atoms with Crippen molar-refractivity contribution in [1.29, 1.82) is 0 Å². The van der Waals surface area contributed by atoms with Crippen LogP contribution < -0.4 is 0 Å². The van der Waals surface area contributed by atoms with Gasteiger partial charge in [0.25, 0.3) is 0 Å². The number of carbonyl (C=O) groups is 1. The summed E-state index contributed by atoms with van der Waals surface area (Å²) in [6, 6.07) is 0. The second-order valence-corrected chi connectivity index (χ2v) is 5.78. The largest absolute Gasteiger partial charge is 0.388 e. The topological polar surface area (TPSA) is 37.3 Å². The van der Waals surface area contributed by atoms with Crippen molar-refractivity contribution in [2.24, 2.45) is 11.8 Å². The van der Waals surface area contributed by atoms with Crippen LogP contribution in [0.5, 0.6) is 0 Å². The fourth-order valence-corrected chi connectivity index (χ4v) is 2.68. The first-order valence-corrected chi connectivity index (χ1v) is 7.80. The summed E-state index contributed by atoms with van der Waals surface area (Å²) < 4.78 is 0. The van der Waals surface area contributed by atoms with Crippen LogP contribution in [0.4, 0.5) is 0 Å². The molecule has 0 saturated heterocycles. The Labute approximate surface area is 123 Å². The van der Waals surface area contributed by atoms with E-state index in [2.05, 4.69) is 13.5 Å². The van der Waals surface area contributed by atoms with Crippen LogP contribution in [0.25, 0.3) is 0 Å². The summed E-state index contributed by atoms with van der Waals surface area (Å²) in [7, 11) is 0. The quantitative estimate of drug-likeness (QED) is 0.506. The van der Waals surface area contributed by atoms with E-state index in [9.17, 15) is 9.90 Å². The van der Waals surface area contributed by atoms with Gasteiger partial charge in [0.2, 0.25) is 0 Å². The Morgan fingerprint density at radius 2 is 2.10 bits per heavy atom. The highest BCUT2D eigenvalue weighted by Crippen LogP contribution is 2.31. The van der Waals surface area contributed by atoms with Gasteiger partial charge >= 0.3 is 0 Å². The zero-order valence-electron chi connectivity index (χ0n) is 12.8. The van der Waals surface area contributed by atoms with E-state index in [4.69, 9.17) is 0 Å². The maximum absolute atomic E-state index is 11.8. The Balaban J connectivity index is 2.36. The third-order valence-electron chi connectivity index (χ3n) is 3.93. The summed E-state index contributed by atoms with van der Waals surface area (Å²) in [5, 5.41) is 10.2. The van der Waals surface area contributed by atoms with Crippen LogP contribution in [-0.2, 0) is 4.79 Å². The molecule has 20 heavy (non-hydrogen) atoms. The summed E-state index contributed by atoms with van der Waals surface area (Å²) >= 11 is 0. The minimum absolute atomic E-state index is 0.0121. The molecule has 2 nitrogen and oxygen atoms in total. The van der Waals surface area contributed by atoms with E-state index in [-0.39, 0.29) is 17.6 Å². The van der Waals surface area contributed by atoms with Gasteiger partial charge in [-0.1, -0.05) is 63.0 Å². The fourth-order valence-electron chi connectivity index (χ4n) is 2.68. The molecule has 1 N–H and O–H groups in total. The highest BCUT2D eigenvalue weighted by atomic mass is 16.3. The van der Waals surface area contributed by atoms with Crippen molar-refractivity contribution in [3.05, 3.63) is 36.5 Å². The molecule has 1 rings (SSSR count). The lowest BCUT2D eigenvalue weighted by atomic mass is 9.85. The molecule has 3 atom stereocenters. The van der Waals surface area contributed by atoms with Gasteiger partial charge in [-0.3, -0.25) is 4.79 Å². The molecule has 0 aromatic carbocycles. The van der Waals surface area contributed by atoms with Gasteiger partial charge in [-0.25, -0.2) is 0 Å². The Bertz CT molecular complexity index is 379. The molecule has 0 aromatic heterocycles. The van der Waals surface area contributed by atoms with Crippen molar-refractivity contribution in [3.63, 3.8) is 0 Å². The molecule has 0 heterocycles. The van der Waals surface area contributed by atoms with Crippen molar-refractivity contribution in [2.75, 3.05) is 0 Å². The second-order valence-electron chi connectivity index (χ2n) is 5.78. The Morgan fingerprint density at radius 1 is 1.40 bits per heavy atom. The molecule has 0 radical (unpaired) electrons. The third kappa shape index (κ3) is 5.09. The number of aliphatic hydroxyl groups is 1. The summed E-state index contributed by atoms with van der Waals surface area (Å²) in [4.78, 5) is 11.8. The predicted octanol–water partition coefficient (Wildman–Crippen LogP) is 4.21. The molecule has 0 amide bonds. The monoisotopic (exact) mass is 276 g/mol. The smallest absolute Gasteiger partial charge is 0.162 e. The first-order chi connectivity index (χ1) is 9.57. The third-order valence-corrected chi connectivity index (χ3v) is 3.93. The molecule has 0 saturated carbocycles. The lowest BCUT2D eigenvalue weighted by Crippen LogP contribution is -2.28. The number of hydrogen-bond donors (Lipinski definition) is 1. The van der Waals surface area contributed by atoms with Gasteiger partial charge in [-0.2, -0.15) is 0 Å². The van der Waals surface area contributed by atoms with Crippen molar-refractivity contribution in [1.82, 2.24) is 0 Å². The summed E-state index contributed by atoms with van der Waals surface area (Å²) in [5.74, 6) is -0.381. The van der Waals surface area contributed by atoms with Gasteiger partial charge in [0.15, 0.2) is 5.78 Å². The van der Waals surface area contributed by atoms with Gasteiger partial charge in [0, 0.05) is 5.92 Å². The van der Waals surface area contributed by atoms with Crippen molar-refractivity contribution < 1.29 is 9.90 Å². The van der Waals surface area contributed by atoms with Gasteiger partial charge in [0.05, 0.1) is 12.0 Å². The maximum Gasteiger partial charge on any atom is 0.162 e. The van der Waals surface area contributed by atoms with Crippen LogP contribution in [0.15, 0.2) is 36.5 Å². The maximum atomic E-state index is 11.8. The van der Waals surface area contributed by atoms with Crippen LogP contribution in [-0.4, -0.2) is 17.0 Å². The van der Waals surface area contributed by atoms with Crippen LogP contribution in [0.3, 0.4) is 0 Å². The fraction of sp³-hybridized carbons (Fsp3) is 0.611. The summed E-state index contributed by atoms with van der Waals surface area (Å²) in [5.41, 5.74) is 0.934. The molecule has 0 unspecified atom stereocenters. The molecule has 0 bridgehead atoms. The number of hydrogen-bond acceptors (Lipinski definition) is 2. The molecule has 0 aliphatic heterocycles. The van der Waals surface area contributed by atoms with Crippen LogP contribution >= 0.6 is 0 Å². The van der Waals surface area contributed by atoms with Crippen LogP contribution in [0.1, 0.15) is 52.4 Å². The zero-order chi connectivity index (χ0) is 15.0. The van der Waals surface area contributed by atoms with Crippen LogP contribution in [0.2, 0.25) is 0 Å². The molecule has 0 aromatic rings. The van der Waals surface area contributed by atoms with E-state index < -0.39 is 6.10 Å². The average molecular weight is 276 g/mol. The van der Waals surface area contributed by atoms with E-state index >= 15 is 0 Å². The second kappa shape index (κ2) is 8.91. The average Bonchev–Trinajstić information content (AvgIpc) is 2.79. The predicted molar refractivity (Wildman–Crippen MR) is 84.5 cm³/mol. The first kappa shape index (κ1) is 16.9.